The number of hydrogen-bond acceptors (Lipinski definition) is 4. The fourth-order valence-electron chi connectivity index (χ4n) is 2.21. The van der Waals surface area contributed by atoms with Gasteiger partial charge in [0, 0.05) is 22.7 Å². The Hall–Kier alpha value is -2.66. The zero-order chi connectivity index (χ0) is 18.4. The molecular weight excluding hydrogens is 342 g/mol. The zero-order valence-corrected chi connectivity index (χ0v) is 14.7. The Morgan fingerprint density at radius 2 is 1.64 bits per heavy atom. The Balaban J connectivity index is 2.25. The van der Waals surface area contributed by atoms with Crippen molar-refractivity contribution >= 4 is 29.3 Å². The molecule has 1 amide bonds. The van der Waals surface area contributed by atoms with E-state index in [0.717, 1.165) is 0 Å². The van der Waals surface area contributed by atoms with E-state index >= 15 is 0 Å². The van der Waals surface area contributed by atoms with Crippen molar-refractivity contribution in [3.05, 3.63) is 70.2 Å². The molecule has 5 nitrogen and oxygen atoms in total. The van der Waals surface area contributed by atoms with Crippen LogP contribution in [0.3, 0.4) is 0 Å². The number of halogens is 1. The molecule has 0 radical (unpaired) electrons. The molecule has 1 N–H and O–H groups in total. The quantitative estimate of drug-likeness (QED) is 0.634. The first-order valence-corrected chi connectivity index (χ1v) is 8.19. The monoisotopic (exact) mass is 359 g/mol. The molecule has 0 bridgehead atoms. The third kappa shape index (κ3) is 4.67. The van der Waals surface area contributed by atoms with E-state index < -0.39 is 18.0 Å². The summed E-state index contributed by atoms with van der Waals surface area (Å²) in [5.74, 6) is -1.44. The second kappa shape index (κ2) is 8.44. The number of likely N-dealkylation sites (N-methyl/N-ethyl adjacent to an activating group) is 1. The number of hydrogen-bond donors (Lipinski definition) is 1. The molecule has 0 heterocycles. The number of amides is 1. The first-order valence-electron chi connectivity index (χ1n) is 7.82. The van der Waals surface area contributed by atoms with Crippen LogP contribution in [0.5, 0.6) is 0 Å². The highest BCUT2D eigenvalue weighted by atomic mass is 35.5. The molecule has 0 saturated carbocycles. The summed E-state index contributed by atoms with van der Waals surface area (Å²) in [6.07, 6.45) is -0.953. The van der Waals surface area contributed by atoms with Crippen LogP contribution in [-0.4, -0.2) is 30.3 Å². The van der Waals surface area contributed by atoms with Crippen molar-refractivity contribution in [3.63, 3.8) is 0 Å². The van der Waals surface area contributed by atoms with Gasteiger partial charge in [0.2, 0.25) is 0 Å². The largest absolute Gasteiger partial charge is 0.449 e. The third-order valence-electron chi connectivity index (χ3n) is 3.50. The van der Waals surface area contributed by atoms with E-state index in [9.17, 15) is 14.4 Å². The maximum absolute atomic E-state index is 12.7. The van der Waals surface area contributed by atoms with Crippen molar-refractivity contribution in [1.82, 2.24) is 5.32 Å². The molecular formula is C19H18ClNO4. The maximum atomic E-state index is 12.7. The Kier molecular flexibility index (Phi) is 6.31. The van der Waals surface area contributed by atoms with E-state index in [1.807, 2.05) is 0 Å². The Morgan fingerprint density at radius 1 is 1.04 bits per heavy atom. The van der Waals surface area contributed by atoms with E-state index in [-0.39, 0.29) is 16.9 Å². The third-order valence-corrected chi connectivity index (χ3v) is 3.75. The number of rotatable bonds is 6. The molecule has 0 aliphatic heterocycles. The molecule has 130 valence electrons. The minimum atomic E-state index is -0.953. The van der Waals surface area contributed by atoms with Crippen LogP contribution in [0.1, 0.15) is 40.1 Å². The molecule has 2 aromatic carbocycles. The van der Waals surface area contributed by atoms with Gasteiger partial charge in [0.15, 0.2) is 11.9 Å². The van der Waals surface area contributed by atoms with Crippen molar-refractivity contribution in [2.24, 2.45) is 0 Å². The van der Waals surface area contributed by atoms with E-state index in [0.29, 0.717) is 17.1 Å². The molecule has 2 aromatic rings. The average Bonchev–Trinajstić information content (AvgIpc) is 2.62. The summed E-state index contributed by atoms with van der Waals surface area (Å²) in [4.78, 5) is 36.8. The lowest BCUT2D eigenvalue weighted by molar-refractivity contribution is -0.128. The van der Waals surface area contributed by atoms with Gasteiger partial charge >= 0.3 is 5.97 Å². The predicted octanol–water partition coefficient (Wildman–Crippen LogP) is 3.25. The van der Waals surface area contributed by atoms with Crippen molar-refractivity contribution in [2.45, 2.75) is 20.0 Å². The molecule has 0 unspecified atom stereocenters. The second-order valence-corrected chi connectivity index (χ2v) is 5.76. The lowest BCUT2D eigenvalue weighted by Crippen LogP contribution is -2.35. The number of ketones is 1. The van der Waals surface area contributed by atoms with Crippen molar-refractivity contribution in [3.8, 4) is 0 Å². The minimum Gasteiger partial charge on any atom is -0.449 e. The van der Waals surface area contributed by atoms with Gasteiger partial charge in [-0.05, 0) is 44.2 Å². The molecule has 25 heavy (non-hydrogen) atoms. The Labute approximate surface area is 150 Å². The summed E-state index contributed by atoms with van der Waals surface area (Å²) < 4.78 is 5.17. The molecule has 0 saturated heterocycles. The minimum absolute atomic E-state index is 0.110. The van der Waals surface area contributed by atoms with Crippen LogP contribution in [-0.2, 0) is 9.53 Å². The number of benzene rings is 2. The summed E-state index contributed by atoms with van der Waals surface area (Å²) in [5, 5.41) is 3.09. The van der Waals surface area contributed by atoms with Gasteiger partial charge in [-0.25, -0.2) is 4.79 Å². The Morgan fingerprint density at radius 3 is 2.24 bits per heavy atom. The Bertz CT molecular complexity index is 786. The van der Waals surface area contributed by atoms with Crippen molar-refractivity contribution < 1.29 is 19.1 Å². The predicted molar refractivity (Wildman–Crippen MR) is 94.9 cm³/mol. The normalized spacial score (nSPS) is 11.5. The number of esters is 1. The standard InChI is InChI=1S/C19H18ClNO4/c1-3-21-18(23)12(2)25-19(24)16-7-5-4-6-15(16)17(22)13-8-10-14(20)11-9-13/h4-12H,3H2,1-2H3,(H,21,23)/t12-/m0/s1. The van der Waals surface area contributed by atoms with E-state index in [1.165, 1.54) is 13.0 Å². The summed E-state index contributed by atoms with van der Waals surface area (Å²) >= 11 is 5.83. The smallest absolute Gasteiger partial charge is 0.339 e. The first kappa shape index (κ1) is 18.7. The molecule has 2 rings (SSSR count). The van der Waals surface area contributed by atoms with Gasteiger partial charge in [-0.1, -0.05) is 29.8 Å². The number of carbonyl (C=O) groups excluding carboxylic acids is 3. The molecule has 1 atom stereocenters. The van der Waals surface area contributed by atoms with Crippen molar-refractivity contribution in [1.29, 1.82) is 0 Å². The summed E-state index contributed by atoms with van der Waals surface area (Å²) in [5.41, 5.74) is 0.720. The van der Waals surface area contributed by atoms with Crippen LogP contribution < -0.4 is 5.32 Å². The van der Waals surface area contributed by atoms with Gasteiger partial charge in [0.25, 0.3) is 5.91 Å². The van der Waals surface area contributed by atoms with Gasteiger partial charge in [-0.15, -0.1) is 0 Å². The van der Waals surface area contributed by atoms with Crippen LogP contribution in [0.25, 0.3) is 0 Å². The van der Waals surface area contributed by atoms with Crippen LogP contribution in [0.15, 0.2) is 48.5 Å². The molecule has 0 aliphatic rings. The fraction of sp³-hybridized carbons (Fsp3) is 0.211. The highest BCUT2D eigenvalue weighted by molar-refractivity contribution is 6.30. The SMILES string of the molecule is CCNC(=O)[C@H](C)OC(=O)c1ccccc1C(=O)c1ccc(Cl)cc1. The number of carbonyl (C=O) groups is 3. The van der Waals surface area contributed by atoms with Gasteiger partial charge in [0.05, 0.1) is 5.56 Å². The zero-order valence-electron chi connectivity index (χ0n) is 13.9. The van der Waals surface area contributed by atoms with Crippen LogP contribution in [0.2, 0.25) is 5.02 Å². The van der Waals surface area contributed by atoms with Crippen LogP contribution in [0, 0.1) is 0 Å². The molecule has 0 fully saturated rings. The van der Waals surface area contributed by atoms with Gasteiger partial charge < -0.3 is 10.1 Å². The van der Waals surface area contributed by atoms with E-state index in [4.69, 9.17) is 16.3 Å². The number of nitrogens with one attached hydrogen (secondary N) is 1. The molecule has 0 aliphatic carbocycles. The van der Waals surface area contributed by atoms with Gasteiger partial charge in [-0.2, -0.15) is 0 Å². The first-order chi connectivity index (χ1) is 11.9. The average molecular weight is 360 g/mol. The topological polar surface area (TPSA) is 72.5 Å². The molecule has 0 aromatic heterocycles. The van der Waals surface area contributed by atoms with E-state index in [2.05, 4.69) is 5.32 Å². The lowest BCUT2D eigenvalue weighted by atomic mass is 9.98. The highest BCUT2D eigenvalue weighted by Crippen LogP contribution is 2.18. The summed E-state index contributed by atoms with van der Waals surface area (Å²) in [6, 6.07) is 12.7. The van der Waals surface area contributed by atoms with Gasteiger partial charge in [0.1, 0.15) is 0 Å². The second-order valence-electron chi connectivity index (χ2n) is 5.32. The molecule has 6 heteroatoms. The summed E-state index contributed by atoms with van der Waals surface area (Å²) in [6.45, 7) is 3.69. The van der Waals surface area contributed by atoms with Crippen LogP contribution in [0.4, 0.5) is 0 Å². The number of ether oxygens (including phenoxy) is 1. The van der Waals surface area contributed by atoms with Crippen LogP contribution >= 0.6 is 11.6 Å². The molecule has 0 spiro atoms. The highest BCUT2D eigenvalue weighted by Gasteiger charge is 2.23. The lowest BCUT2D eigenvalue weighted by Gasteiger charge is -2.14. The fourth-order valence-corrected chi connectivity index (χ4v) is 2.34. The van der Waals surface area contributed by atoms with Gasteiger partial charge in [-0.3, -0.25) is 9.59 Å². The van der Waals surface area contributed by atoms with Crippen molar-refractivity contribution in [2.75, 3.05) is 6.54 Å². The maximum Gasteiger partial charge on any atom is 0.339 e. The van der Waals surface area contributed by atoms with E-state index in [1.54, 1.807) is 49.4 Å². The summed E-state index contributed by atoms with van der Waals surface area (Å²) in [7, 11) is 0.